The Labute approximate surface area is 562 Å². The van der Waals surface area contributed by atoms with Crippen molar-refractivity contribution in [1.82, 2.24) is 0 Å². The number of phosphoric acid groups is 2. The van der Waals surface area contributed by atoms with Crippen molar-refractivity contribution in [2.75, 3.05) is 39.6 Å². The average Bonchev–Trinajstić information content (AvgIpc) is 1.53. The number of unbranched alkanes of at least 4 members (excludes halogenated alkanes) is 45. The predicted molar refractivity (Wildman–Crippen MR) is 372 cm³/mol. The quantitative estimate of drug-likeness (QED) is 0.0222. The number of carbonyl (C=O) groups is 4. The zero-order valence-corrected chi connectivity index (χ0v) is 61.5. The van der Waals surface area contributed by atoms with Gasteiger partial charge < -0.3 is 33.8 Å². The zero-order valence-electron chi connectivity index (χ0n) is 59.7. The number of hydrogen-bond donors (Lipinski definition) is 3. The zero-order chi connectivity index (χ0) is 67.7. The number of ether oxygens (including phenoxy) is 4. The van der Waals surface area contributed by atoms with Gasteiger partial charge in [-0.1, -0.05) is 330 Å². The summed E-state index contributed by atoms with van der Waals surface area (Å²) >= 11 is 0. The Bertz CT molecular complexity index is 1770. The molecular formula is C73H142O17P2. The fraction of sp³-hybridized carbons (Fsp3) is 0.945. The van der Waals surface area contributed by atoms with Crippen LogP contribution in [0.25, 0.3) is 0 Å². The van der Waals surface area contributed by atoms with E-state index in [0.717, 1.165) is 109 Å². The minimum Gasteiger partial charge on any atom is -0.462 e. The lowest BCUT2D eigenvalue weighted by molar-refractivity contribution is -0.161. The van der Waals surface area contributed by atoms with Gasteiger partial charge in [-0.3, -0.25) is 37.3 Å². The number of aliphatic hydroxyl groups is 1. The summed E-state index contributed by atoms with van der Waals surface area (Å²) in [7, 11) is -9.90. The van der Waals surface area contributed by atoms with Crippen LogP contribution >= 0.6 is 15.6 Å². The molecule has 0 aromatic heterocycles. The maximum Gasteiger partial charge on any atom is 0.472 e. The topological polar surface area (TPSA) is 237 Å². The fourth-order valence-corrected chi connectivity index (χ4v) is 12.8. The standard InChI is InChI=1S/C73H142O17P2/c1-6-9-12-15-18-20-22-23-31-34-38-42-47-52-57-71(76)84-63-69(90-73(78)59-54-49-44-39-35-32-29-27-25-24-26-28-30-33-36-41-45-50-55-66(4)5)65-88-92(81,82)86-61-67(74)60-85-91(79,80)87-64-68(62-83-70(75)56-51-46-40-17-14-11-8-3)89-72(77)58-53-48-43-37-21-19-16-13-10-7-2/h66-69,74H,6-65H2,1-5H3,(H,79,80)(H,81,82)/t67-,68+,69+/m0/s1. The first kappa shape index (κ1) is 90.1. The Morgan fingerprint density at radius 3 is 0.739 bits per heavy atom. The van der Waals surface area contributed by atoms with Crippen molar-refractivity contribution in [1.29, 1.82) is 0 Å². The first-order chi connectivity index (χ1) is 44.5. The van der Waals surface area contributed by atoms with E-state index in [4.69, 9.17) is 37.0 Å². The summed E-state index contributed by atoms with van der Waals surface area (Å²) in [5, 5.41) is 10.6. The molecular weight excluding hydrogens is 1210 g/mol. The van der Waals surface area contributed by atoms with Gasteiger partial charge in [-0.25, -0.2) is 9.13 Å². The predicted octanol–water partition coefficient (Wildman–Crippen LogP) is 21.3. The number of phosphoric ester groups is 2. The van der Waals surface area contributed by atoms with E-state index in [-0.39, 0.29) is 25.7 Å². The highest BCUT2D eigenvalue weighted by molar-refractivity contribution is 7.47. The molecule has 0 rings (SSSR count). The Hall–Kier alpha value is -1.94. The third-order valence-electron chi connectivity index (χ3n) is 17.0. The number of carbonyl (C=O) groups excluding carboxylic acids is 4. The summed E-state index contributed by atoms with van der Waals surface area (Å²) in [5.41, 5.74) is 0. The number of hydrogen-bond acceptors (Lipinski definition) is 15. The Morgan fingerprint density at radius 1 is 0.293 bits per heavy atom. The average molecular weight is 1350 g/mol. The summed E-state index contributed by atoms with van der Waals surface area (Å²) in [4.78, 5) is 72.5. The second-order valence-electron chi connectivity index (χ2n) is 26.8. The lowest BCUT2D eigenvalue weighted by atomic mass is 10.0. The summed E-state index contributed by atoms with van der Waals surface area (Å²) in [6.45, 7) is 7.26. The SMILES string of the molecule is CCCCCCCCCCCCCCCCC(=O)OC[C@H](COP(=O)(O)OC[C@@H](O)COP(=O)(O)OC[C@@H](COC(=O)CCCCCCCCC)OC(=O)CCCCCCCCCCCC)OC(=O)CCCCCCCCCCCCCCCCCCCCC(C)C. The van der Waals surface area contributed by atoms with Crippen LogP contribution in [-0.4, -0.2) is 96.7 Å². The molecule has 5 atom stereocenters. The van der Waals surface area contributed by atoms with Crippen molar-refractivity contribution in [3.8, 4) is 0 Å². The van der Waals surface area contributed by atoms with Crippen molar-refractivity contribution < 1.29 is 80.2 Å². The van der Waals surface area contributed by atoms with Gasteiger partial charge in [0.05, 0.1) is 26.4 Å². The molecule has 0 radical (unpaired) electrons. The van der Waals surface area contributed by atoms with Crippen LogP contribution in [0, 0.1) is 5.92 Å². The van der Waals surface area contributed by atoms with Gasteiger partial charge in [0.2, 0.25) is 0 Å². The van der Waals surface area contributed by atoms with E-state index in [1.54, 1.807) is 0 Å². The lowest BCUT2D eigenvalue weighted by Gasteiger charge is -2.21. The molecule has 0 fully saturated rings. The van der Waals surface area contributed by atoms with E-state index in [9.17, 15) is 43.2 Å². The molecule has 92 heavy (non-hydrogen) atoms. The molecule has 0 amide bonds. The van der Waals surface area contributed by atoms with Crippen LogP contribution in [0.1, 0.15) is 381 Å². The summed E-state index contributed by atoms with van der Waals surface area (Å²) in [6.07, 6.45) is 54.3. The second kappa shape index (κ2) is 66.3. The van der Waals surface area contributed by atoms with Crippen LogP contribution in [0.4, 0.5) is 0 Å². The number of rotatable bonds is 73. The molecule has 17 nitrogen and oxygen atoms in total. The monoisotopic (exact) mass is 1350 g/mol. The van der Waals surface area contributed by atoms with Gasteiger partial charge in [-0.15, -0.1) is 0 Å². The van der Waals surface area contributed by atoms with Gasteiger partial charge in [0.15, 0.2) is 12.2 Å². The molecule has 0 saturated heterocycles. The molecule has 546 valence electrons. The lowest BCUT2D eigenvalue weighted by Crippen LogP contribution is -2.30. The highest BCUT2D eigenvalue weighted by Crippen LogP contribution is 2.45. The van der Waals surface area contributed by atoms with E-state index in [0.29, 0.717) is 25.7 Å². The third-order valence-corrected chi connectivity index (χ3v) is 18.9. The molecule has 0 aromatic rings. The fourth-order valence-electron chi connectivity index (χ4n) is 11.2. The van der Waals surface area contributed by atoms with Gasteiger partial charge in [0.25, 0.3) is 0 Å². The molecule has 0 bridgehead atoms. The highest BCUT2D eigenvalue weighted by Gasteiger charge is 2.30. The molecule has 0 aromatic carbocycles. The number of esters is 4. The van der Waals surface area contributed by atoms with Gasteiger partial charge in [0.1, 0.15) is 19.3 Å². The minimum atomic E-state index is -4.95. The van der Waals surface area contributed by atoms with Crippen LogP contribution in [0.15, 0.2) is 0 Å². The molecule has 0 saturated carbocycles. The van der Waals surface area contributed by atoms with Crippen LogP contribution in [-0.2, 0) is 65.4 Å². The van der Waals surface area contributed by atoms with Crippen molar-refractivity contribution in [3.63, 3.8) is 0 Å². The second-order valence-corrected chi connectivity index (χ2v) is 29.7. The van der Waals surface area contributed by atoms with Crippen molar-refractivity contribution >= 4 is 39.5 Å². The van der Waals surface area contributed by atoms with Crippen molar-refractivity contribution in [3.05, 3.63) is 0 Å². The highest BCUT2D eigenvalue weighted by atomic mass is 31.2. The van der Waals surface area contributed by atoms with E-state index in [1.807, 2.05) is 0 Å². The first-order valence-electron chi connectivity index (χ1n) is 38.1. The minimum absolute atomic E-state index is 0.106. The molecule has 0 aliphatic rings. The maximum absolute atomic E-state index is 13.1. The largest absolute Gasteiger partial charge is 0.472 e. The van der Waals surface area contributed by atoms with E-state index >= 15 is 0 Å². The molecule has 0 spiro atoms. The van der Waals surface area contributed by atoms with Crippen LogP contribution in [0.5, 0.6) is 0 Å². The Balaban J connectivity index is 5.15. The van der Waals surface area contributed by atoms with Crippen LogP contribution in [0.3, 0.4) is 0 Å². The molecule has 0 heterocycles. The van der Waals surface area contributed by atoms with E-state index < -0.39 is 97.5 Å². The van der Waals surface area contributed by atoms with Gasteiger partial charge in [-0.05, 0) is 31.6 Å². The third kappa shape index (κ3) is 66.7. The van der Waals surface area contributed by atoms with Gasteiger partial charge in [-0.2, -0.15) is 0 Å². The Morgan fingerprint density at radius 2 is 0.500 bits per heavy atom. The normalized spacial score (nSPS) is 14.0. The smallest absolute Gasteiger partial charge is 0.462 e. The van der Waals surface area contributed by atoms with Crippen molar-refractivity contribution in [2.45, 2.75) is 400 Å². The molecule has 19 heteroatoms. The van der Waals surface area contributed by atoms with E-state index in [2.05, 4.69) is 34.6 Å². The number of aliphatic hydroxyl groups excluding tert-OH is 1. The molecule has 2 unspecified atom stereocenters. The first-order valence-corrected chi connectivity index (χ1v) is 41.1. The Kier molecular flexibility index (Phi) is 64.9. The summed E-state index contributed by atoms with van der Waals surface area (Å²) < 4.78 is 68.2. The van der Waals surface area contributed by atoms with E-state index in [1.165, 1.54) is 193 Å². The summed E-state index contributed by atoms with van der Waals surface area (Å²) in [6, 6.07) is 0. The van der Waals surface area contributed by atoms with Crippen LogP contribution < -0.4 is 0 Å². The van der Waals surface area contributed by atoms with Gasteiger partial charge >= 0.3 is 39.5 Å². The molecule has 0 aliphatic heterocycles. The maximum atomic E-state index is 13.1. The molecule has 3 N–H and O–H groups in total. The van der Waals surface area contributed by atoms with Gasteiger partial charge in [0, 0.05) is 25.7 Å². The summed E-state index contributed by atoms with van der Waals surface area (Å²) in [5.74, 6) is -1.30. The van der Waals surface area contributed by atoms with Crippen LogP contribution in [0.2, 0.25) is 0 Å². The van der Waals surface area contributed by atoms with Crippen molar-refractivity contribution in [2.24, 2.45) is 5.92 Å². The molecule has 0 aliphatic carbocycles.